The molecule has 0 atom stereocenters. The lowest BCUT2D eigenvalue weighted by Gasteiger charge is -2.14. The summed E-state index contributed by atoms with van der Waals surface area (Å²) >= 11 is 0. The highest BCUT2D eigenvalue weighted by Crippen LogP contribution is 2.35. The van der Waals surface area contributed by atoms with Crippen LogP contribution in [0.4, 0.5) is 0 Å². The molecule has 0 amide bonds. The van der Waals surface area contributed by atoms with Crippen molar-refractivity contribution in [2.24, 2.45) is 9.98 Å². The molecule has 0 N–H and O–H groups in total. The molecule has 208 valence electrons. The van der Waals surface area contributed by atoms with Gasteiger partial charge in [-0.2, -0.15) is 0 Å². The van der Waals surface area contributed by atoms with Crippen molar-refractivity contribution in [3.63, 3.8) is 0 Å². The van der Waals surface area contributed by atoms with Crippen molar-refractivity contribution in [2.75, 3.05) is 0 Å². The molecule has 0 aliphatic carbocycles. The van der Waals surface area contributed by atoms with E-state index in [4.69, 9.17) is 15.0 Å². The Morgan fingerprint density at radius 1 is 0.432 bits per heavy atom. The summed E-state index contributed by atoms with van der Waals surface area (Å²) in [7, 11) is 0. The lowest BCUT2D eigenvalue weighted by atomic mass is 9.94. The van der Waals surface area contributed by atoms with Crippen molar-refractivity contribution in [2.45, 2.75) is 12.8 Å². The largest absolute Gasteiger partial charge is 0.252 e. The maximum absolute atomic E-state index is 5.22. The number of amidine groups is 1. The lowest BCUT2D eigenvalue weighted by Crippen LogP contribution is -2.09. The van der Waals surface area contributed by atoms with Crippen molar-refractivity contribution in [1.29, 1.82) is 0 Å². The SMILES string of the molecule is C1=C(c2ccccc2)/N=C(c2ccccc2)\N=C(\c2cccc(-c3ccc4c(c3)c3ccccc3c3nccnc43)c2)CC\1. The summed E-state index contributed by atoms with van der Waals surface area (Å²) < 4.78 is 0. The molecule has 1 aliphatic heterocycles. The second-order valence-corrected chi connectivity index (χ2v) is 11.0. The summed E-state index contributed by atoms with van der Waals surface area (Å²) in [6.45, 7) is 0. The van der Waals surface area contributed by atoms with E-state index in [2.05, 4.69) is 114 Å². The van der Waals surface area contributed by atoms with Gasteiger partial charge in [-0.25, -0.2) is 9.98 Å². The monoisotopic (exact) mass is 564 g/mol. The standard InChI is InChI=1S/C40H28N4/c1-3-11-27(12-4-1)36-19-10-20-37(44-40(43-36)28-13-5-2-6-14-28)31-16-9-15-29(25-31)30-21-22-34-35(26-30)32-17-7-8-18-33(32)38-39(34)42-24-23-41-38/h1-9,11-19,21-26H,10,20H2/b36-19-,43-40-,44-37+. The molecule has 6 aromatic carbocycles. The number of aromatic nitrogens is 2. The number of benzene rings is 6. The van der Waals surface area contributed by atoms with Gasteiger partial charge in [0.2, 0.25) is 0 Å². The van der Waals surface area contributed by atoms with Gasteiger partial charge < -0.3 is 0 Å². The molecule has 0 unspecified atom stereocenters. The number of fused-ring (bicyclic) bond motifs is 6. The first-order valence-electron chi connectivity index (χ1n) is 14.9. The molecular formula is C40H28N4. The van der Waals surface area contributed by atoms with E-state index in [1.807, 2.05) is 24.3 Å². The fraction of sp³-hybridized carbons (Fsp3) is 0.0500. The Kier molecular flexibility index (Phi) is 6.58. The lowest BCUT2D eigenvalue weighted by molar-refractivity contribution is 1.08. The second kappa shape index (κ2) is 11.2. The predicted molar refractivity (Wildman–Crippen MR) is 183 cm³/mol. The summed E-state index contributed by atoms with van der Waals surface area (Å²) in [5.41, 5.74) is 9.38. The Labute approximate surface area is 255 Å². The number of hydrogen-bond acceptors (Lipinski definition) is 4. The Balaban J connectivity index is 1.24. The molecule has 0 saturated heterocycles. The van der Waals surface area contributed by atoms with E-state index in [1.54, 1.807) is 12.4 Å². The number of aliphatic imine (C=N–C) groups is 2. The van der Waals surface area contributed by atoms with Crippen LogP contribution < -0.4 is 0 Å². The first-order valence-corrected chi connectivity index (χ1v) is 14.9. The van der Waals surface area contributed by atoms with E-state index in [0.29, 0.717) is 0 Å². The first-order chi connectivity index (χ1) is 21.8. The van der Waals surface area contributed by atoms with Crippen LogP contribution in [0.15, 0.2) is 156 Å². The molecule has 44 heavy (non-hydrogen) atoms. The molecule has 1 aromatic heterocycles. The third kappa shape index (κ3) is 4.77. The van der Waals surface area contributed by atoms with E-state index in [1.165, 1.54) is 10.8 Å². The Morgan fingerprint density at radius 2 is 1.05 bits per heavy atom. The smallest absolute Gasteiger partial charge is 0.160 e. The van der Waals surface area contributed by atoms with Crippen LogP contribution in [0.1, 0.15) is 29.5 Å². The second-order valence-electron chi connectivity index (χ2n) is 11.0. The zero-order valence-corrected chi connectivity index (χ0v) is 24.1. The predicted octanol–water partition coefficient (Wildman–Crippen LogP) is 9.67. The fourth-order valence-electron chi connectivity index (χ4n) is 6.12. The molecule has 7 aromatic rings. The number of hydrogen-bond donors (Lipinski definition) is 0. The maximum atomic E-state index is 5.22. The van der Waals surface area contributed by atoms with Gasteiger partial charge in [0.05, 0.1) is 22.4 Å². The Morgan fingerprint density at radius 3 is 1.82 bits per heavy atom. The van der Waals surface area contributed by atoms with Crippen LogP contribution in [0.5, 0.6) is 0 Å². The molecule has 0 fully saturated rings. The molecule has 0 spiro atoms. The minimum absolute atomic E-state index is 0.728. The molecule has 2 heterocycles. The van der Waals surface area contributed by atoms with Gasteiger partial charge in [-0.15, -0.1) is 0 Å². The quantitative estimate of drug-likeness (QED) is 0.200. The molecule has 0 radical (unpaired) electrons. The topological polar surface area (TPSA) is 50.5 Å². The third-order valence-corrected chi connectivity index (χ3v) is 8.26. The summed E-state index contributed by atoms with van der Waals surface area (Å²) in [4.78, 5) is 19.7. The first kappa shape index (κ1) is 25.9. The van der Waals surface area contributed by atoms with Crippen molar-refractivity contribution < 1.29 is 0 Å². The molecule has 4 heteroatoms. The minimum Gasteiger partial charge on any atom is -0.252 e. The van der Waals surface area contributed by atoms with E-state index in [-0.39, 0.29) is 0 Å². The van der Waals surface area contributed by atoms with Gasteiger partial charge in [-0.05, 0) is 58.0 Å². The van der Waals surface area contributed by atoms with Crippen LogP contribution in [0.3, 0.4) is 0 Å². The molecule has 8 rings (SSSR count). The van der Waals surface area contributed by atoms with Crippen LogP contribution in [0.25, 0.3) is 49.4 Å². The van der Waals surface area contributed by atoms with E-state index in [0.717, 1.165) is 79.7 Å². The summed E-state index contributed by atoms with van der Waals surface area (Å²) in [6, 6.07) is 44.5. The average molecular weight is 565 g/mol. The van der Waals surface area contributed by atoms with E-state index in [9.17, 15) is 0 Å². The summed E-state index contributed by atoms with van der Waals surface area (Å²) in [5.74, 6) is 0.728. The highest BCUT2D eigenvalue weighted by atomic mass is 14.9. The van der Waals surface area contributed by atoms with Crippen LogP contribution in [-0.2, 0) is 0 Å². The van der Waals surface area contributed by atoms with Gasteiger partial charge in [-0.3, -0.25) is 9.97 Å². The molecule has 4 nitrogen and oxygen atoms in total. The van der Waals surface area contributed by atoms with Gasteiger partial charge in [0.1, 0.15) is 0 Å². The normalized spacial score (nSPS) is 17.2. The molecular weight excluding hydrogens is 536 g/mol. The van der Waals surface area contributed by atoms with Crippen LogP contribution in [0, 0.1) is 0 Å². The molecule has 0 bridgehead atoms. The van der Waals surface area contributed by atoms with E-state index >= 15 is 0 Å². The van der Waals surface area contributed by atoms with Crippen LogP contribution >= 0.6 is 0 Å². The van der Waals surface area contributed by atoms with Crippen molar-refractivity contribution in [3.05, 3.63) is 163 Å². The summed E-state index contributed by atoms with van der Waals surface area (Å²) in [6.07, 6.45) is 7.45. The van der Waals surface area contributed by atoms with Crippen molar-refractivity contribution in [3.8, 4) is 11.1 Å². The highest BCUT2D eigenvalue weighted by molar-refractivity contribution is 6.23. The summed E-state index contributed by atoms with van der Waals surface area (Å²) in [5, 5.41) is 4.59. The molecule has 0 saturated carbocycles. The highest BCUT2D eigenvalue weighted by Gasteiger charge is 2.15. The Hall–Kier alpha value is -5.74. The van der Waals surface area contributed by atoms with Gasteiger partial charge in [0.25, 0.3) is 0 Å². The average Bonchev–Trinajstić information content (AvgIpc) is 3.09. The third-order valence-electron chi connectivity index (χ3n) is 8.26. The number of rotatable bonds is 4. The van der Waals surface area contributed by atoms with Gasteiger partial charge >= 0.3 is 0 Å². The van der Waals surface area contributed by atoms with Gasteiger partial charge in [0, 0.05) is 28.7 Å². The minimum atomic E-state index is 0.728. The van der Waals surface area contributed by atoms with E-state index < -0.39 is 0 Å². The molecule has 1 aliphatic rings. The number of nitrogens with zero attached hydrogens (tertiary/aromatic N) is 4. The zero-order chi connectivity index (χ0) is 29.3. The number of allylic oxidation sites excluding steroid dienone is 1. The van der Waals surface area contributed by atoms with Crippen LogP contribution in [0.2, 0.25) is 0 Å². The van der Waals surface area contributed by atoms with Crippen molar-refractivity contribution in [1.82, 2.24) is 9.97 Å². The fourth-order valence-corrected chi connectivity index (χ4v) is 6.12. The van der Waals surface area contributed by atoms with Crippen molar-refractivity contribution >= 4 is 49.8 Å². The maximum Gasteiger partial charge on any atom is 0.160 e. The van der Waals surface area contributed by atoms with Gasteiger partial charge in [-0.1, -0.05) is 121 Å². The van der Waals surface area contributed by atoms with Gasteiger partial charge in [0.15, 0.2) is 5.84 Å². The Bertz CT molecular complexity index is 2230. The zero-order valence-electron chi connectivity index (χ0n) is 24.1. The van der Waals surface area contributed by atoms with Crippen LogP contribution in [-0.4, -0.2) is 21.5 Å².